The maximum Gasteiger partial charge on any atom is 0.423 e. The number of rotatable bonds is 2. The smallest absolute Gasteiger partial charge is 0.423 e. The Labute approximate surface area is 65.3 Å². The Bertz CT molecular complexity index is 256. The van der Waals surface area contributed by atoms with Crippen LogP contribution in [0.5, 0.6) is 0 Å². The van der Waals surface area contributed by atoms with Crippen LogP contribution in [0.3, 0.4) is 0 Å². The fraction of sp³-hybridized carbons (Fsp3) is 0.400. The van der Waals surface area contributed by atoms with E-state index in [2.05, 4.69) is 11.3 Å². The molecule has 0 fully saturated rings. The molecular weight excluding hydrogens is 170 g/mol. The Morgan fingerprint density at radius 1 is 1.64 bits per heavy atom. The molecular formula is C5H9NO4S. The van der Waals surface area contributed by atoms with Crippen LogP contribution in [0.1, 0.15) is 0 Å². The molecule has 0 N–H and O–H groups in total. The van der Waals surface area contributed by atoms with Crippen LogP contribution in [0, 0.1) is 0 Å². The van der Waals surface area contributed by atoms with Gasteiger partial charge in [0.1, 0.15) is 0 Å². The van der Waals surface area contributed by atoms with Crippen molar-refractivity contribution in [2.24, 2.45) is 0 Å². The zero-order chi connectivity index (χ0) is 9.07. The third kappa shape index (κ3) is 2.23. The highest BCUT2D eigenvalue weighted by Gasteiger charge is 2.19. The van der Waals surface area contributed by atoms with Crippen molar-refractivity contribution in [2.45, 2.75) is 0 Å². The zero-order valence-corrected chi connectivity index (χ0v) is 7.09. The Balaban J connectivity index is 4.63. The van der Waals surface area contributed by atoms with Gasteiger partial charge < -0.3 is 4.74 Å². The fourth-order valence-corrected chi connectivity index (χ4v) is 0.850. The molecule has 0 rings (SSSR count). The molecule has 0 atom stereocenters. The monoisotopic (exact) mass is 179 g/mol. The molecule has 0 bridgehead atoms. The second-order valence-corrected chi connectivity index (χ2v) is 3.56. The summed E-state index contributed by atoms with van der Waals surface area (Å²) in [7, 11) is -1.51. The van der Waals surface area contributed by atoms with Crippen molar-refractivity contribution in [3.8, 4) is 0 Å². The number of carbonyl (C=O) groups excluding carboxylic acids is 1. The average molecular weight is 179 g/mol. The lowest BCUT2D eigenvalue weighted by Crippen LogP contribution is -2.31. The normalized spacial score (nSPS) is 10.4. The Hall–Kier alpha value is -1.04. The molecule has 0 unspecified atom stereocenters. The summed E-state index contributed by atoms with van der Waals surface area (Å²) in [5.41, 5.74) is 0. The molecule has 0 spiro atoms. The van der Waals surface area contributed by atoms with E-state index in [1.807, 2.05) is 0 Å². The number of hydrogen-bond acceptors (Lipinski definition) is 4. The highest BCUT2D eigenvalue weighted by molar-refractivity contribution is 7.92. The summed E-state index contributed by atoms with van der Waals surface area (Å²) in [6, 6.07) is 0. The molecule has 64 valence electrons. The molecule has 0 aromatic rings. The van der Waals surface area contributed by atoms with Crippen LogP contribution in [0.25, 0.3) is 0 Å². The van der Waals surface area contributed by atoms with Crippen LogP contribution in [-0.2, 0) is 14.8 Å². The highest BCUT2D eigenvalue weighted by atomic mass is 32.2. The molecule has 11 heavy (non-hydrogen) atoms. The minimum absolute atomic E-state index is 0.458. The van der Waals surface area contributed by atoms with E-state index in [-0.39, 0.29) is 0 Å². The zero-order valence-electron chi connectivity index (χ0n) is 6.27. The Kier molecular flexibility index (Phi) is 3.06. The first-order valence-electron chi connectivity index (χ1n) is 2.65. The molecule has 0 aromatic carbocycles. The molecule has 0 aromatic heterocycles. The summed E-state index contributed by atoms with van der Waals surface area (Å²) in [5.74, 6) is 0. The van der Waals surface area contributed by atoms with Gasteiger partial charge in [0.05, 0.1) is 7.11 Å². The number of hydrogen-bond donors (Lipinski definition) is 0. The van der Waals surface area contributed by atoms with Crippen LogP contribution in [0.15, 0.2) is 12.0 Å². The summed E-state index contributed by atoms with van der Waals surface area (Å²) >= 11 is 0. The summed E-state index contributed by atoms with van der Waals surface area (Å²) in [6.45, 7) is 3.03. The molecule has 0 heterocycles. The lowest BCUT2D eigenvalue weighted by molar-refractivity contribution is 0.155. The van der Waals surface area contributed by atoms with E-state index in [9.17, 15) is 13.2 Å². The van der Waals surface area contributed by atoms with Gasteiger partial charge in [0.25, 0.3) is 10.0 Å². The van der Waals surface area contributed by atoms with Crippen LogP contribution in [0.4, 0.5) is 4.79 Å². The maximum absolute atomic E-state index is 10.8. The van der Waals surface area contributed by atoms with Crippen LogP contribution in [0.2, 0.25) is 0 Å². The predicted molar refractivity (Wildman–Crippen MR) is 39.3 cm³/mol. The van der Waals surface area contributed by atoms with Gasteiger partial charge in [-0.1, -0.05) is 6.58 Å². The molecule has 0 aliphatic rings. The van der Waals surface area contributed by atoms with Crippen LogP contribution >= 0.6 is 0 Å². The van der Waals surface area contributed by atoms with Crippen molar-refractivity contribution < 1.29 is 17.9 Å². The average Bonchev–Trinajstić information content (AvgIpc) is 2.01. The van der Waals surface area contributed by atoms with E-state index in [1.54, 1.807) is 0 Å². The molecule has 0 aliphatic carbocycles. The largest absolute Gasteiger partial charge is 0.452 e. The van der Waals surface area contributed by atoms with E-state index in [1.165, 1.54) is 0 Å². The molecule has 0 saturated heterocycles. The van der Waals surface area contributed by atoms with Gasteiger partial charge in [-0.3, -0.25) is 0 Å². The van der Waals surface area contributed by atoms with E-state index < -0.39 is 16.1 Å². The minimum atomic E-state index is -3.69. The first-order chi connectivity index (χ1) is 4.95. The van der Waals surface area contributed by atoms with Gasteiger partial charge in [0.2, 0.25) is 0 Å². The first-order valence-corrected chi connectivity index (χ1v) is 4.15. The van der Waals surface area contributed by atoms with Gasteiger partial charge in [-0.15, -0.1) is 0 Å². The third-order valence-corrected chi connectivity index (χ3v) is 2.36. The number of methoxy groups -OCH3 is 1. The summed E-state index contributed by atoms with van der Waals surface area (Å²) in [4.78, 5) is 10.6. The van der Waals surface area contributed by atoms with Crippen LogP contribution < -0.4 is 0 Å². The first kappa shape index (κ1) is 9.96. The molecule has 1 amide bonds. The van der Waals surface area contributed by atoms with E-state index >= 15 is 0 Å². The molecule has 0 saturated carbocycles. The van der Waals surface area contributed by atoms with Gasteiger partial charge in [0, 0.05) is 12.5 Å². The van der Waals surface area contributed by atoms with Crippen molar-refractivity contribution in [1.29, 1.82) is 0 Å². The van der Waals surface area contributed by atoms with Crippen molar-refractivity contribution in [3.63, 3.8) is 0 Å². The summed E-state index contributed by atoms with van der Waals surface area (Å²) in [5, 5.41) is 0.671. The lowest BCUT2D eigenvalue weighted by Gasteiger charge is -2.11. The van der Waals surface area contributed by atoms with E-state index in [0.717, 1.165) is 14.2 Å². The third-order valence-electron chi connectivity index (χ3n) is 1.02. The van der Waals surface area contributed by atoms with Crippen molar-refractivity contribution in [1.82, 2.24) is 4.31 Å². The van der Waals surface area contributed by atoms with Crippen molar-refractivity contribution in [3.05, 3.63) is 12.0 Å². The topological polar surface area (TPSA) is 63.7 Å². The van der Waals surface area contributed by atoms with E-state index in [4.69, 9.17) is 0 Å². The van der Waals surface area contributed by atoms with Crippen LogP contribution in [-0.4, -0.2) is 33.0 Å². The van der Waals surface area contributed by atoms with Crippen molar-refractivity contribution in [2.75, 3.05) is 14.2 Å². The number of amides is 1. The SMILES string of the molecule is C=CS(=O)(=O)N(C)C(=O)OC. The fourth-order valence-electron chi connectivity index (χ4n) is 0.344. The van der Waals surface area contributed by atoms with Gasteiger partial charge in [0.15, 0.2) is 0 Å². The quantitative estimate of drug-likeness (QED) is 0.605. The van der Waals surface area contributed by atoms with Gasteiger partial charge in [-0.25, -0.2) is 17.5 Å². The molecule has 6 heteroatoms. The number of carbonyl (C=O) groups is 1. The standard InChI is InChI=1S/C5H9NO4S/c1-4-11(8,9)6(2)5(7)10-3/h4H,1H2,2-3H3. The number of ether oxygens (including phenoxy) is 1. The van der Waals surface area contributed by atoms with E-state index in [0.29, 0.717) is 9.71 Å². The van der Waals surface area contributed by atoms with Gasteiger partial charge in [-0.05, 0) is 0 Å². The molecule has 0 radical (unpaired) electrons. The molecule has 0 aliphatic heterocycles. The van der Waals surface area contributed by atoms with Gasteiger partial charge >= 0.3 is 6.09 Å². The van der Waals surface area contributed by atoms with Gasteiger partial charge in [-0.2, -0.15) is 0 Å². The lowest BCUT2D eigenvalue weighted by atomic mass is 11.1. The minimum Gasteiger partial charge on any atom is -0.452 e. The summed E-state index contributed by atoms with van der Waals surface area (Å²) in [6.07, 6.45) is -0.940. The predicted octanol–water partition coefficient (Wildman–Crippen LogP) is 0.158. The maximum atomic E-state index is 10.8. The number of nitrogens with zero attached hydrogens (tertiary/aromatic N) is 1. The van der Waals surface area contributed by atoms with Crippen molar-refractivity contribution >= 4 is 16.1 Å². The Morgan fingerprint density at radius 2 is 2.09 bits per heavy atom. The second-order valence-electron chi connectivity index (χ2n) is 1.65. The summed E-state index contributed by atoms with van der Waals surface area (Å²) < 4.78 is 26.2. The second kappa shape index (κ2) is 3.38. The highest BCUT2D eigenvalue weighted by Crippen LogP contribution is 1.99. The number of sulfonamides is 1. The Morgan fingerprint density at radius 3 is 2.36 bits per heavy atom. The molecule has 5 nitrogen and oxygen atoms in total.